The van der Waals surface area contributed by atoms with Crippen LogP contribution in [0.4, 0.5) is 5.69 Å². The topological polar surface area (TPSA) is 84.1 Å². The van der Waals surface area contributed by atoms with Crippen molar-refractivity contribution in [3.05, 3.63) is 41.5 Å². The molecule has 0 radical (unpaired) electrons. The Kier molecular flexibility index (Phi) is 6.96. The molecule has 4 N–H and O–H groups in total. The van der Waals surface area contributed by atoms with E-state index >= 15 is 0 Å². The number of nitrogens with zero attached hydrogens (tertiary/aromatic N) is 3. The van der Waals surface area contributed by atoms with Crippen LogP contribution < -0.4 is 21.3 Å². The number of rotatable bonds is 2. The predicted molar refractivity (Wildman–Crippen MR) is 156 cm³/mol. The first-order chi connectivity index (χ1) is 19.3. The lowest BCUT2D eigenvalue weighted by molar-refractivity contribution is -0.147. The number of carbonyl (C=O) groups is 1. The normalized spacial score (nSPS) is 36.4. The van der Waals surface area contributed by atoms with Gasteiger partial charge in [0.25, 0.3) is 0 Å². The van der Waals surface area contributed by atoms with Crippen molar-refractivity contribution in [2.45, 2.75) is 101 Å². The molecule has 5 unspecified atom stereocenters. The van der Waals surface area contributed by atoms with Gasteiger partial charge in [-0.05, 0) is 89.1 Å². The molecular formula is C31H47N7O2. The van der Waals surface area contributed by atoms with Gasteiger partial charge in [-0.2, -0.15) is 5.01 Å². The lowest BCUT2D eigenvalue weighted by atomic mass is 9.87. The molecule has 218 valence electrons. The number of nitrogens with one attached hydrogen (secondary N) is 4. The molecule has 6 aliphatic rings. The number of allylic oxidation sites excluding steroid dienone is 1. The molecule has 5 heterocycles. The zero-order valence-electron chi connectivity index (χ0n) is 24.4. The van der Waals surface area contributed by atoms with Gasteiger partial charge in [-0.1, -0.05) is 18.2 Å². The number of fused-ring (bicyclic) bond motifs is 8. The van der Waals surface area contributed by atoms with Crippen molar-refractivity contribution in [2.24, 2.45) is 5.92 Å². The van der Waals surface area contributed by atoms with E-state index in [1.807, 2.05) is 5.01 Å². The standard InChI is InChI=1S/C31H47N7O2/c1-30(2)25-9-8-10-26(34-25)38-27-23(28(39)37(38)15-6-4-5-7-16-40-30)18-32-29(35-27)33-22-11-12-24-21(17-22)19-36(3)20-31(24)13-14-31/h4,6,11-12,17,23,25-27,29,32-35H,5,7-10,13-16,18-20H2,1-3H3/b6-4+. The van der Waals surface area contributed by atoms with Crippen molar-refractivity contribution in [3.63, 3.8) is 0 Å². The fraction of sp³-hybridized carbons (Fsp3) is 0.710. The Morgan fingerprint density at radius 1 is 1.10 bits per heavy atom. The van der Waals surface area contributed by atoms with Gasteiger partial charge in [0.05, 0.1) is 30.4 Å². The van der Waals surface area contributed by atoms with Crippen LogP contribution in [-0.4, -0.2) is 84.4 Å². The highest BCUT2D eigenvalue weighted by Crippen LogP contribution is 2.52. The molecule has 9 nitrogen and oxygen atoms in total. The highest BCUT2D eigenvalue weighted by Gasteiger charge is 2.53. The molecule has 9 heteroatoms. The maximum Gasteiger partial charge on any atom is 0.244 e. The second kappa shape index (κ2) is 10.4. The van der Waals surface area contributed by atoms with Crippen LogP contribution in [0.2, 0.25) is 0 Å². The van der Waals surface area contributed by atoms with Gasteiger partial charge in [0, 0.05) is 43.4 Å². The van der Waals surface area contributed by atoms with E-state index in [0.717, 1.165) is 50.9 Å². The number of hydrogen-bond acceptors (Lipinski definition) is 8. The van der Waals surface area contributed by atoms with Crippen molar-refractivity contribution < 1.29 is 9.53 Å². The molecule has 40 heavy (non-hydrogen) atoms. The number of anilines is 1. The summed E-state index contributed by atoms with van der Waals surface area (Å²) in [6.45, 7) is 8.62. The average Bonchev–Trinajstić information content (AvgIpc) is 3.63. The van der Waals surface area contributed by atoms with E-state index in [-0.39, 0.29) is 42.1 Å². The van der Waals surface area contributed by atoms with Gasteiger partial charge in [0.1, 0.15) is 6.29 Å². The van der Waals surface area contributed by atoms with E-state index < -0.39 is 0 Å². The summed E-state index contributed by atoms with van der Waals surface area (Å²) in [4.78, 5) is 16.2. The predicted octanol–water partition coefficient (Wildman–Crippen LogP) is 2.67. The minimum absolute atomic E-state index is 0.0787. The molecular weight excluding hydrogens is 502 g/mol. The quantitative estimate of drug-likeness (QED) is 0.419. The molecule has 1 saturated carbocycles. The van der Waals surface area contributed by atoms with Gasteiger partial charge in [0.15, 0.2) is 0 Å². The van der Waals surface area contributed by atoms with Crippen LogP contribution in [-0.2, 0) is 21.5 Å². The summed E-state index contributed by atoms with van der Waals surface area (Å²) in [6, 6.07) is 7.18. The number of carbonyl (C=O) groups excluding carboxylic acids is 1. The van der Waals surface area contributed by atoms with E-state index in [0.29, 0.717) is 18.5 Å². The van der Waals surface area contributed by atoms with Crippen molar-refractivity contribution in [1.29, 1.82) is 0 Å². The minimum Gasteiger partial charge on any atom is -0.374 e. The largest absolute Gasteiger partial charge is 0.374 e. The van der Waals surface area contributed by atoms with E-state index in [9.17, 15) is 4.79 Å². The van der Waals surface area contributed by atoms with E-state index in [4.69, 9.17) is 4.74 Å². The number of benzene rings is 1. The number of amides is 1. The fourth-order valence-electron chi connectivity index (χ4n) is 7.91. The molecule has 5 atom stereocenters. The van der Waals surface area contributed by atoms with Crippen LogP contribution >= 0.6 is 0 Å². The van der Waals surface area contributed by atoms with Gasteiger partial charge < -0.3 is 15.0 Å². The molecule has 7 rings (SSSR count). The van der Waals surface area contributed by atoms with Gasteiger partial charge in [-0.15, -0.1) is 0 Å². The highest BCUT2D eigenvalue weighted by atomic mass is 16.5. The van der Waals surface area contributed by atoms with Gasteiger partial charge in [-0.3, -0.25) is 25.8 Å². The van der Waals surface area contributed by atoms with E-state index in [2.05, 4.69) is 82.4 Å². The molecule has 1 aromatic carbocycles. The second-order valence-electron chi connectivity index (χ2n) is 13.6. The third kappa shape index (κ3) is 4.88. The number of ether oxygens (including phenoxy) is 1. The molecule has 1 spiro atoms. The first kappa shape index (κ1) is 26.9. The Balaban J connectivity index is 1.12. The minimum atomic E-state index is -0.254. The molecule has 0 aromatic heterocycles. The van der Waals surface area contributed by atoms with Crippen molar-refractivity contribution in [1.82, 2.24) is 30.9 Å². The Morgan fingerprint density at radius 2 is 1.98 bits per heavy atom. The highest BCUT2D eigenvalue weighted by molar-refractivity contribution is 5.82. The monoisotopic (exact) mass is 549 g/mol. The number of hydrazine groups is 1. The van der Waals surface area contributed by atoms with Crippen molar-refractivity contribution in [3.8, 4) is 0 Å². The van der Waals surface area contributed by atoms with Crippen molar-refractivity contribution in [2.75, 3.05) is 38.6 Å². The first-order valence-electron chi connectivity index (χ1n) is 15.6. The van der Waals surface area contributed by atoms with Gasteiger partial charge in [-0.25, -0.2) is 0 Å². The second-order valence-corrected chi connectivity index (χ2v) is 13.6. The van der Waals surface area contributed by atoms with Crippen LogP contribution in [0, 0.1) is 5.92 Å². The van der Waals surface area contributed by atoms with E-state index in [1.54, 1.807) is 5.56 Å². The Bertz CT molecular complexity index is 1150. The summed E-state index contributed by atoms with van der Waals surface area (Å²) < 4.78 is 6.38. The van der Waals surface area contributed by atoms with Crippen LogP contribution in [0.15, 0.2) is 30.4 Å². The van der Waals surface area contributed by atoms with Crippen LogP contribution in [0.3, 0.4) is 0 Å². The Labute approximate surface area is 239 Å². The molecule has 1 aromatic rings. The molecule has 1 amide bonds. The zero-order valence-corrected chi connectivity index (χ0v) is 24.4. The number of hydrogen-bond donors (Lipinski definition) is 4. The average molecular weight is 550 g/mol. The third-order valence-corrected chi connectivity index (χ3v) is 10.2. The molecule has 3 saturated heterocycles. The zero-order chi connectivity index (χ0) is 27.5. The SMILES string of the molecule is CN1Cc2cc(NC3NCC4C(=O)N5C/C=C/CCCOC(C)(C)C6CCCC(N6)N5C4N3)ccc2C2(CC2)C1. The molecule has 5 aliphatic heterocycles. The maximum absolute atomic E-state index is 13.8. The fourth-order valence-corrected chi connectivity index (χ4v) is 7.91. The van der Waals surface area contributed by atoms with Crippen LogP contribution in [0.25, 0.3) is 0 Å². The Hall–Kier alpha value is -2.01. The van der Waals surface area contributed by atoms with Gasteiger partial charge >= 0.3 is 0 Å². The summed E-state index contributed by atoms with van der Waals surface area (Å²) in [6.07, 6.45) is 12.0. The lowest BCUT2D eigenvalue weighted by Crippen LogP contribution is -2.69. The summed E-state index contributed by atoms with van der Waals surface area (Å²) in [5.41, 5.74) is 4.25. The summed E-state index contributed by atoms with van der Waals surface area (Å²) in [5, 5.41) is 19.3. The lowest BCUT2D eigenvalue weighted by Gasteiger charge is -2.47. The van der Waals surface area contributed by atoms with Gasteiger partial charge in [0.2, 0.25) is 5.91 Å². The van der Waals surface area contributed by atoms with E-state index in [1.165, 1.54) is 24.9 Å². The maximum atomic E-state index is 13.8. The summed E-state index contributed by atoms with van der Waals surface area (Å²) in [7, 11) is 2.24. The molecule has 4 fully saturated rings. The molecule has 1 aliphatic carbocycles. The number of likely N-dealkylation sites (N-methyl/N-ethyl adjacent to an activating group) is 1. The third-order valence-electron chi connectivity index (χ3n) is 10.2. The Morgan fingerprint density at radius 3 is 2.83 bits per heavy atom. The van der Waals surface area contributed by atoms with Crippen LogP contribution in [0.1, 0.15) is 69.9 Å². The summed E-state index contributed by atoms with van der Waals surface area (Å²) in [5.74, 6) is 0.0756. The summed E-state index contributed by atoms with van der Waals surface area (Å²) >= 11 is 0. The van der Waals surface area contributed by atoms with Crippen LogP contribution in [0.5, 0.6) is 0 Å². The smallest absolute Gasteiger partial charge is 0.244 e. The first-order valence-corrected chi connectivity index (χ1v) is 15.6. The molecule has 2 bridgehead atoms. The van der Waals surface area contributed by atoms with Crippen molar-refractivity contribution >= 4 is 11.6 Å². The number of piperidine rings is 1.